The highest BCUT2D eigenvalue weighted by Crippen LogP contribution is 2.29. The lowest BCUT2D eigenvalue weighted by Crippen LogP contribution is -2.34. The molecule has 4 rings (SSSR count). The van der Waals surface area contributed by atoms with Gasteiger partial charge in [0.2, 0.25) is 0 Å². The number of halogens is 1. The molecule has 1 fully saturated rings. The van der Waals surface area contributed by atoms with Crippen molar-refractivity contribution in [1.29, 1.82) is 0 Å². The van der Waals surface area contributed by atoms with Gasteiger partial charge in [-0.15, -0.1) is 0 Å². The van der Waals surface area contributed by atoms with Crippen molar-refractivity contribution in [2.24, 2.45) is 5.92 Å². The topological polar surface area (TPSA) is 84.7 Å². The molecule has 1 saturated heterocycles. The van der Waals surface area contributed by atoms with Crippen LogP contribution in [-0.2, 0) is 9.59 Å². The number of nitrogens with zero attached hydrogens (tertiary/aromatic N) is 1. The molecule has 0 spiro atoms. The molecule has 142 valence electrons. The van der Waals surface area contributed by atoms with Crippen LogP contribution in [-0.4, -0.2) is 31.9 Å². The summed E-state index contributed by atoms with van der Waals surface area (Å²) in [5.41, 5.74) is 7.86. The SMILES string of the molecule is Nc1ccc2c(c1)NC(=O)CO2.O=CC1CCN(c2ccccc2Cl)CC1. The molecule has 0 unspecified atom stereocenters. The second-order valence-corrected chi connectivity index (χ2v) is 6.91. The Hall–Kier alpha value is -2.73. The van der Waals surface area contributed by atoms with Crippen molar-refractivity contribution in [2.75, 3.05) is 35.6 Å². The van der Waals surface area contributed by atoms with Gasteiger partial charge in [0.05, 0.1) is 16.4 Å². The average molecular weight is 388 g/mol. The Kier molecular flexibility index (Phi) is 6.19. The third-order valence-corrected chi connectivity index (χ3v) is 4.88. The Morgan fingerprint density at radius 3 is 2.63 bits per heavy atom. The van der Waals surface area contributed by atoms with Gasteiger partial charge in [0.1, 0.15) is 12.0 Å². The van der Waals surface area contributed by atoms with Gasteiger partial charge < -0.3 is 25.5 Å². The van der Waals surface area contributed by atoms with Gasteiger partial charge >= 0.3 is 0 Å². The molecule has 2 aliphatic rings. The lowest BCUT2D eigenvalue weighted by atomic mass is 9.98. The van der Waals surface area contributed by atoms with Crippen LogP contribution in [0, 0.1) is 5.92 Å². The third-order valence-electron chi connectivity index (χ3n) is 4.56. The molecule has 0 saturated carbocycles. The monoisotopic (exact) mass is 387 g/mol. The van der Waals surface area contributed by atoms with Crippen LogP contribution in [0.1, 0.15) is 12.8 Å². The highest BCUT2D eigenvalue weighted by atomic mass is 35.5. The predicted molar refractivity (Wildman–Crippen MR) is 107 cm³/mol. The first-order valence-electron chi connectivity index (χ1n) is 8.84. The van der Waals surface area contributed by atoms with Gasteiger partial charge in [0.15, 0.2) is 6.61 Å². The molecule has 2 aliphatic heterocycles. The fourth-order valence-corrected chi connectivity index (χ4v) is 3.34. The summed E-state index contributed by atoms with van der Waals surface area (Å²) in [6.45, 7) is 1.93. The number of carbonyl (C=O) groups is 2. The minimum absolute atomic E-state index is 0.0803. The normalized spacial score (nSPS) is 16.3. The number of nitrogens with one attached hydrogen (secondary N) is 1. The van der Waals surface area contributed by atoms with Gasteiger partial charge in [0, 0.05) is 24.7 Å². The lowest BCUT2D eigenvalue weighted by Gasteiger charge is -2.32. The minimum atomic E-state index is -0.145. The number of nitrogen functional groups attached to an aromatic ring is 1. The Balaban J connectivity index is 0.000000159. The van der Waals surface area contributed by atoms with Crippen molar-refractivity contribution >= 4 is 40.9 Å². The first-order chi connectivity index (χ1) is 13.1. The van der Waals surface area contributed by atoms with Crippen molar-refractivity contribution in [1.82, 2.24) is 0 Å². The molecular formula is C20H22ClN3O3. The Bertz CT molecular complexity index is 820. The van der Waals surface area contributed by atoms with Crippen molar-refractivity contribution in [3.8, 4) is 5.75 Å². The van der Waals surface area contributed by atoms with Crippen LogP contribution in [0.15, 0.2) is 42.5 Å². The zero-order chi connectivity index (χ0) is 19.2. The number of hydrogen-bond acceptors (Lipinski definition) is 5. The number of fused-ring (bicyclic) bond motifs is 1. The van der Waals surface area contributed by atoms with E-state index in [2.05, 4.69) is 10.2 Å². The van der Waals surface area contributed by atoms with E-state index in [0.717, 1.165) is 42.9 Å². The zero-order valence-electron chi connectivity index (χ0n) is 14.9. The lowest BCUT2D eigenvalue weighted by molar-refractivity contribution is -0.118. The number of hydrogen-bond donors (Lipinski definition) is 2. The average Bonchev–Trinajstić information content (AvgIpc) is 2.69. The highest BCUT2D eigenvalue weighted by molar-refractivity contribution is 6.33. The van der Waals surface area contributed by atoms with Crippen molar-refractivity contribution in [3.63, 3.8) is 0 Å². The van der Waals surface area contributed by atoms with E-state index in [0.29, 0.717) is 17.1 Å². The van der Waals surface area contributed by atoms with E-state index in [1.807, 2.05) is 24.3 Å². The van der Waals surface area contributed by atoms with Crippen LogP contribution < -0.4 is 20.7 Å². The van der Waals surface area contributed by atoms with E-state index >= 15 is 0 Å². The molecular weight excluding hydrogens is 366 g/mol. The van der Waals surface area contributed by atoms with E-state index in [1.54, 1.807) is 18.2 Å². The molecule has 3 N–H and O–H groups in total. The zero-order valence-corrected chi connectivity index (χ0v) is 15.6. The smallest absolute Gasteiger partial charge is 0.262 e. The van der Waals surface area contributed by atoms with Crippen LogP contribution in [0.5, 0.6) is 5.75 Å². The first kappa shape index (κ1) is 19.0. The molecule has 0 aromatic heterocycles. The summed E-state index contributed by atoms with van der Waals surface area (Å²) in [5.74, 6) is 0.764. The standard InChI is InChI=1S/C12H14ClNO.C8H8N2O2/c13-11-3-1-2-4-12(11)14-7-5-10(9-15)6-8-14;9-5-1-2-7-6(3-5)10-8(11)4-12-7/h1-4,9-10H,5-8H2;1-3H,4,9H2,(H,10,11). The number of aldehydes is 1. The van der Waals surface area contributed by atoms with E-state index < -0.39 is 0 Å². The number of amides is 1. The molecule has 7 heteroatoms. The number of carbonyl (C=O) groups excluding carboxylic acids is 2. The number of ether oxygens (including phenoxy) is 1. The maximum absolute atomic E-state index is 10.9. The largest absolute Gasteiger partial charge is 0.482 e. The molecule has 27 heavy (non-hydrogen) atoms. The van der Waals surface area contributed by atoms with Gasteiger partial charge in [-0.3, -0.25) is 4.79 Å². The number of benzene rings is 2. The molecule has 0 radical (unpaired) electrons. The van der Waals surface area contributed by atoms with Crippen LogP contribution in [0.3, 0.4) is 0 Å². The van der Waals surface area contributed by atoms with Crippen molar-refractivity contribution < 1.29 is 14.3 Å². The molecule has 6 nitrogen and oxygen atoms in total. The number of piperidine rings is 1. The summed E-state index contributed by atoms with van der Waals surface area (Å²) in [4.78, 5) is 23.7. The fraction of sp³-hybridized carbons (Fsp3) is 0.300. The summed E-state index contributed by atoms with van der Waals surface area (Å²) in [5, 5.41) is 3.45. The van der Waals surface area contributed by atoms with E-state index in [-0.39, 0.29) is 18.4 Å². The van der Waals surface area contributed by atoms with Crippen molar-refractivity contribution in [3.05, 3.63) is 47.5 Å². The summed E-state index contributed by atoms with van der Waals surface area (Å²) in [6.07, 6.45) is 2.95. The first-order valence-corrected chi connectivity index (χ1v) is 9.21. The second kappa shape index (κ2) is 8.77. The Labute approximate surface area is 163 Å². The van der Waals surface area contributed by atoms with Gasteiger partial charge in [-0.25, -0.2) is 0 Å². The van der Waals surface area contributed by atoms with E-state index in [9.17, 15) is 9.59 Å². The summed E-state index contributed by atoms with van der Waals surface area (Å²) < 4.78 is 5.12. The number of rotatable bonds is 2. The Morgan fingerprint density at radius 1 is 1.19 bits per heavy atom. The van der Waals surface area contributed by atoms with Gasteiger partial charge in [-0.2, -0.15) is 0 Å². The molecule has 2 aromatic rings. The molecule has 0 aliphatic carbocycles. The molecule has 2 aromatic carbocycles. The molecule has 1 amide bonds. The minimum Gasteiger partial charge on any atom is -0.482 e. The van der Waals surface area contributed by atoms with E-state index in [4.69, 9.17) is 22.1 Å². The number of anilines is 3. The number of para-hydroxylation sites is 1. The predicted octanol–water partition coefficient (Wildman–Crippen LogP) is 3.36. The quantitative estimate of drug-likeness (QED) is 0.609. The van der Waals surface area contributed by atoms with Crippen LogP contribution in [0.2, 0.25) is 5.02 Å². The second-order valence-electron chi connectivity index (χ2n) is 6.50. The summed E-state index contributed by atoms with van der Waals surface area (Å²) in [7, 11) is 0. The van der Waals surface area contributed by atoms with E-state index in [1.165, 1.54) is 0 Å². The van der Waals surface area contributed by atoms with Crippen molar-refractivity contribution in [2.45, 2.75) is 12.8 Å². The van der Waals surface area contributed by atoms with Crippen LogP contribution >= 0.6 is 11.6 Å². The fourth-order valence-electron chi connectivity index (χ4n) is 3.09. The summed E-state index contributed by atoms with van der Waals surface area (Å²) >= 11 is 6.12. The maximum Gasteiger partial charge on any atom is 0.262 e. The molecule has 2 heterocycles. The third kappa shape index (κ3) is 4.92. The van der Waals surface area contributed by atoms with Gasteiger partial charge in [0.25, 0.3) is 5.91 Å². The van der Waals surface area contributed by atoms with Gasteiger partial charge in [-0.05, 0) is 43.2 Å². The molecule has 0 bridgehead atoms. The molecule has 0 atom stereocenters. The Morgan fingerprint density at radius 2 is 1.93 bits per heavy atom. The van der Waals surface area contributed by atoms with Gasteiger partial charge in [-0.1, -0.05) is 23.7 Å². The maximum atomic E-state index is 10.9. The van der Waals surface area contributed by atoms with Crippen LogP contribution in [0.25, 0.3) is 0 Å². The highest BCUT2D eigenvalue weighted by Gasteiger charge is 2.19. The number of nitrogens with two attached hydrogens (primary N) is 1. The summed E-state index contributed by atoms with van der Waals surface area (Å²) in [6, 6.07) is 13.0. The van der Waals surface area contributed by atoms with Crippen LogP contribution in [0.4, 0.5) is 17.1 Å².